The minimum absolute atomic E-state index is 0.0291. The van der Waals surface area contributed by atoms with Gasteiger partial charge in [0.2, 0.25) is 0 Å². The van der Waals surface area contributed by atoms with Gasteiger partial charge < -0.3 is 24.6 Å². The maximum absolute atomic E-state index is 11.9. The Kier molecular flexibility index (Phi) is 9.90. The summed E-state index contributed by atoms with van der Waals surface area (Å²) in [5, 5.41) is 13.2. The molecular weight excluding hydrogens is 544 g/mol. The molecule has 0 aliphatic heterocycles. The molecule has 194 valence electrons. The number of aliphatic hydroxyl groups is 1. The smallest absolute Gasteiger partial charge is 0.428 e. The summed E-state index contributed by atoms with van der Waals surface area (Å²) >= 11 is 5.09. The number of nitrogens with zero attached hydrogens (tertiary/aromatic N) is 1. The number of carbonyl (C=O) groups is 1. The molecule has 0 aliphatic carbocycles. The fraction of sp³-hybridized carbons (Fsp3) is 0.407. The van der Waals surface area contributed by atoms with Crippen molar-refractivity contribution in [1.29, 1.82) is 0 Å². The molecule has 2 aromatic carbocycles. The lowest BCUT2D eigenvalue weighted by atomic mass is 10.0. The second-order valence-electron chi connectivity index (χ2n) is 9.47. The van der Waals surface area contributed by atoms with Crippen molar-refractivity contribution >= 4 is 61.5 Å². The van der Waals surface area contributed by atoms with E-state index in [0.29, 0.717) is 35.9 Å². The molecule has 0 fully saturated rings. The first-order valence-electron chi connectivity index (χ1n) is 11.8. The second-order valence-corrected chi connectivity index (χ2v) is 11.4. The van der Waals surface area contributed by atoms with E-state index < -0.39 is 11.8 Å². The third-order valence-corrected chi connectivity index (χ3v) is 6.56. The maximum Gasteiger partial charge on any atom is 0.514 e. The predicted molar refractivity (Wildman–Crippen MR) is 150 cm³/mol. The first-order chi connectivity index (χ1) is 17.1. The van der Waals surface area contributed by atoms with Crippen molar-refractivity contribution in [2.45, 2.75) is 46.1 Å². The minimum atomic E-state index is -0.742. The van der Waals surface area contributed by atoms with E-state index in [1.807, 2.05) is 24.3 Å². The van der Waals surface area contributed by atoms with Crippen LogP contribution in [0.3, 0.4) is 0 Å². The number of hydrogen-bond acceptors (Lipinski definition) is 8. The Hall–Kier alpha value is -2.46. The van der Waals surface area contributed by atoms with E-state index in [0.717, 1.165) is 26.5 Å². The first kappa shape index (κ1) is 28.1. The van der Waals surface area contributed by atoms with E-state index in [9.17, 15) is 4.79 Å². The number of nitrogens with one attached hydrogen (secondary N) is 1. The van der Waals surface area contributed by atoms with Crippen LogP contribution >= 0.6 is 27.3 Å². The highest BCUT2D eigenvalue weighted by atomic mass is 79.9. The lowest BCUT2D eigenvalue weighted by Crippen LogP contribution is -2.26. The third kappa shape index (κ3) is 8.30. The minimum Gasteiger partial charge on any atom is -0.428 e. The zero-order chi connectivity index (χ0) is 26.3. The average Bonchev–Trinajstić information content (AvgIpc) is 3.19. The molecule has 7 nitrogen and oxygen atoms in total. The quantitative estimate of drug-likeness (QED) is 0.151. The van der Waals surface area contributed by atoms with Gasteiger partial charge in [0.05, 0.1) is 34.5 Å². The van der Waals surface area contributed by atoms with Crippen LogP contribution in [0.4, 0.5) is 10.5 Å². The summed E-state index contributed by atoms with van der Waals surface area (Å²) in [5.74, 6) is 0.735. The Morgan fingerprint density at radius 3 is 2.64 bits per heavy atom. The lowest BCUT2D eigenvalue weighted by Gasteiger charge is -2.19. The summed E-state index contributed by atoms with van der Waals surface area (Å²) in [4.78, 5) is 16.7. The van der Waals surface area contributed by atoms with Crippen LogP contribution in [0.2, 0.25) is 0 Å². The lowest BCUT2D eigenvalue weighted by molar-refractivity contribution is 0.0204. The maximum atomic E-state index is 11.9. The van der Waals surface area contributed by atoms with Gasteiger partial charge in [0.1, 0.15) is 16.4 Å². The van der Waals surface area contributed by atoms with E-state index in [1.165, 1.54) is 5.56 Å². The molecule has 0 bridgehead atoms. The third-order valence-electron chi connectivity index (χ3n) is 4.95. The van der Waals surface area contributed by atoms with Gasteiger partial charge in [-0.2, -0.15) is 0 Å². The number of benzene rings is 2. The molecule has 36 heavy (non-hydrogen) atoms. The van der Waals surface area contributed by atoms with Crippen LogP contribution in [0.1, 0.15) is 56.7 Å². The van der Waals surface area contributed by atoms with Gasteiger partial charge in [-0.15, -0.1) is 11.3 Å². The molecule has 0 unspecified atom stereocenters. The van der Waals surface area contributed by atoms with Crippen molar-refractivity contribution in [1.82, 2.24) is 4.98 Å². The zero-order valence-corrected chi connectivity index (χ0v) is 23.7. The monoisotopic (exact) mass is 576 g/mol. The van der Waals surface area contributed by atoms with Crippen LogP contribution in [-0.2, 0) is 9.47 Å². The number of rotatable bonds is 10. The number of hydrogen-bond donors (Lipinski definition) is 2. The Labute approximate surface area is 224 Å². The topological polar surface area (TPSA) is 89.9 Å². The number of ether oxygens (including phenoxy) is 3. The van der Waals surface area contributed by atoms with Gasteiger partial charge in [-0.3, -0.25) is 0 Å². The summed E-state index contributed by atoms with van der Waals surface area (Å²) < 4.78 is 17.6. The van der Waals surface area contributed by atoms with Crippen LogP contribution in [0, 0.1) is 0 Å². The summed E-state index contributed by atoms with van der Waals surface area (Å²) in [5.41, 5.74) is 3.56. The summed E-state index contributed by atoms with van der Waals surface area (Å²) in [6.45, 7) is 11.3. The van der Waals surface area contributed by atoms with E-state index in [1.54, 1.807) is 38.2 Å². The Bertz CT molecular complexity index is 1220. The largest absolute Gasteiger partial charge is 0.514 e. The highest BCUT2D eigenvalue weighted by Crippen LogP contribution is 2.33. The number of thiazole rings is 1. The first-order valence-corrected chi connectivity index (χ1v) is 13.4. The van der Waals surface area contributed by atoms with Crippen LogP contribution in [-0.4, -0.2) is 48.2 Å². The normalized spacial score (nSPS) is 12.0. The number of anilines is 1. The van der Waals surface area contributed by atoms with Gasteiger partial charge >= 0.3 is 6.16 Å². The molecule has 0 amide bonds. The SMILES string of the molecule is CC(C)c1cc2nc(/C=C/c3ccc(OC(=O)OC(C)(C)C)c(Br)c3)sc2cc1NCCOCCO. The second kappa shape index (κ2) is 12.7. The van der Waals surface area contributed by atoms with Crippen LogP contribution < -0.4 is 10.1 Å². The van der Waals surface area contributed by atoms with Crippen molar-refractivity contribution < 1.29 is 24.1 Å². The number of halogens is 1. The number of fused-ring (bicyclic) bond motifs is 1. The van der Waals surface area contributed by atoms with Gasteiger partial charge in [0.15, 0.2) is 0 Å². The molecule has 0 saturated heterocycles. The van der Waals surface area contributed by atoms with E-state index in [2.05, 4.69) is 47.2 Å². The molecule has 1 heterocycles. The van der Waals surface area contributed by atoms with Gasteiger partial charge in [0, 0.05) is 12.2 Å². The molecule has 3 rings (SSSR count). The molecule has 0 saturated carbocycles. The van der Waals surface area contributed by atoms with E-state index >= 15 is 0 Å². The molecular formula is C27H33BrN2O5S. The number of aliphatic hydroxyl groups excluding tert-OH is 1. The Morgan fingerprint density at radius 2 is 1.97 bits per heavy atom. The van der Waals surface area contributed by atoms with Crippen molar-refractivity contribution in [3.8, 4) is 5.75 Å². The number of carbonyl (C=O) groups excluding carboxylic acids is 1. The van der Waals surface area contributed by atoms with Gasteiger partial charge in [-0.25, -0.2) is 9.78 Å². The van der Waals surface area contributed by atoms with Crippen LogP contribution in [0.25, 0.3) is 22.4 Å². The van der Waals surface area contributed by atoms with Crippen LogP contribution in [0.5, 0.6) is 5.75 Å². The molecule has 0 atom stereocenters. The molecule has 3 aromatic rings. The fourth-order valence-corrected chi connectivity index (χ4v) is 4.73. The molecule has 1 aromatic heterocycles. The van der Waals surface area contributed by atoms with Gasteiger partial charge in [-0.05, 0) is 84.1 Å². The van der Waals surface area contributed by atoms with Crippen molar-refractivity contribution in [2.75, 3.05) is 31.7 Å². The van der Waals surface area contributed by atoms with Crippen molar-refractivity contribution in [3.05, 3.63) is 50.9 Å². The fourth-order valence-electron chi connectivity index (χ4n) is 3.37. The van der Waals surface area contributed by atoms with E-state index in [4.69, 9.17) is 24.3 Å². The summed E-state index contributed by atoms with van der Waals surface area (Å²) in [6, 6.07) is 9.76. The standard InChI is InChI=1S/C27H33BrN2O5S/c1-17(2)19-15-22-24(16-21(19)29-10-12-33-13-11-31)36-25(30-22)9-7-18-6-8-23(20(28)14-18)34-26(32)35-27(3,4)5/h6-9,14-17,29,31H,10-13H2,1-5H3/b9-7+. The number of aromatic nitrogens is 1. The highest BCUT2D eigenvalue weighted by molar-refractivity contribution is 9.10. The van der Waals surface area contributed by atoms with Gasteiger partial charge in [0.25, 0.3) is 0 Å². The molecule has 0 radical (unpaired) electrons. The Balaban J connectivity index is 1.73. The highest BCUT2D eigenvalue weighted by Gasteiger charge is 2.19. The molecule has 0 aliphatic rings. The van der Waals surface area contributed by atoms with Crippen molar-refractivity contribution in [2.24, 2.45) is 0 Å². The zero-order valence-electron chi connectivity index (χ0n) is 21.3. The van der Waals surface area contributed by atoms with Gasteiger partial charge in [-0.1, -0.05) is 26.0 Å². The molecule has 9 heteroatoms. The predicted octanol–water partition coefficient (Wildman–Crippen LogP) is 7.09. The van der Waals surface area contributed by atoms with E-state index in [-0.39, 0.29) is 6.61 Å². The Morgan fingerprint density at radius 1 is 1.19 bits per heavy atom. The molecule has 0 spiro atoms. The average molecular weight is 578 g/mol. The van der Waals surface area contributed by atoms with Crippen molar-refractivity contribution in [3.63, 3.8) is 0 Å². The van der Waals surface area contributed by atoms with Crippen LogP contribution in [0.15, 0.2) is 34.8 Å². The summed E-state index contributed by atoms with van der Waals surface area (Å²) in [7, 11) is 0. The summed E-state index contributed by atoms with van der Waals surface area (Å²) in [6.07, 6.45) is 3.21. The molecule has 2 N–H and O–H groups in total.